The highest BCUT2D eigenvalue weighted by Gasteiger charge is 2.39. The third-order valence-corrected chi connectivity index (χ3v) is 8.18. The second-order valence-corrected chi connectivity index (χ2v) is 10.9. The molecule has 196 valence electrons. The number of aliphatic hydroxyl groups is 1. The molecular formula is C27H30N8O3. The monoisotopic (exact) mass is 514 g/mol. The quantitative estimate of drug-likeness (QED) is 0.432. The minimum absolute atomic E-state index is 0.142. The van der Waals surface area contributed by atoms with Crippen LogP contribution in [-0.2, 0) is 24.3 Å². The Labute approximate surface area is 218 Å². The number of likely N-dealkylation sites (tertiary alicyclic amines) is 1. The minimum Gasteiger partial charge on any atom is -0.388 e. The lowest BCUT2D eigenvalue weighted by molar-refractivity contribution is -0.137. The predicted molar refractivity (Wildman–Crippen MR) is 139 cm³/mol. The smallest absolute Gasteiger partial charge is 0.264 e. The highest BCUT2D eigenvalue weighted by Crippen LogP contribution is 2.33. The Morgan fingerprint density at radius 2 is 1.84 bits per heavy atom. The molecule has 1 saturated heterocycles. The summed E-state index contributed by atoms with van der Waals surface area (Å²) in [6.45, 7) is 2.11. The molecule has 3 aliphatic rings. The van der Waals surface area contributed by atoms with Gasteiger partial charge in [0.15, 0.2) is 11.5 Å². The van der Waals surface area contributed by atoms with Gasteiger partial charge in [-0.1, -0.05) is 0 Å². The van der Waals surface area contributed by atoms with E-state index in [1.807, 2.05) is 29.2 Å². The lowest BCUT2D eigenvalue weighted by Crippen LogP contribution is -2.50. The molecule has 1 saturated carbocycles. The van der Waals surface area contributed by atoms with Crippen LogP contribution in [0.4, 0.5) is 0 Å². The Morgan fingerprint density at radius 3 is 2.61 bits per heavy atom. The molecule has 2 fully saturated rings. The maximum absolute atomic E-state index is 13.3. The third-order valence-electron chi connectivity index (χ3n) is 8.18. The molecule has 0 unspecified atom stereocenters. The molecule has 1 amide bonds. The van der Waals surface area contributed by atoms with Crippen molar-refractivity contribution in [1.29, 1.82) is 0 Å². The summed E-state index contributed by atoms with van der Waals surface area (Å²) in [4.78, 5) is 32.0. The van der Waals surface area contributed by atoms with Gasteiger partial charge >= 0.3 is 0 Å². The summed E-state index contributed by atoms with van der Waals surface area (Å²) in [5.41, 5.74) is 0.956. The van der Waals surface area contributed by atoms with Crippen molar-refractivity contribution >= 4 is 16.9 Å². The lowest BCUT2D eigenvalue weighted by Gasteiger charge is -2.38. The Bertz CT molecular complexity index is 1570. The number of benzene rings is 1. The zero-order valence-electron chi connectivity index (χ0n) is 21.2. The molecule has 2 aliphatic heterocycles. The number of rotatable bonds is 5. The second-order valence-electron chi connectivity index (χ2n) is 10.9. The summed E-state index contributed by atoms with van der Waals surface area (Å²) in [6.07, 6.45) is 9.10. The van der Waals surface area contributed by atoms with Crippen LogP contribution in [0, 0.1) is 5.92 Å². The zero-order chi connectivity index (χ0) is 25.9. The number of carbonyl (C=O) groups excluding carboxylic acids is 1. The molecule has 0 radical (unpaired) electrons. The molecule has 1 N–H and O–H groups in total. The number of hydrogen-bond donors (Lipinski definition) is 1. The van der Waals surface area contributed by atoms with Gasteiger partial charge in [-0.2, -0.15) is 5.10 Å². The molecule has 1 aromatic carbocycles. The molecular weight excluding hydrogens is 484 g/mol. The third kappa shape index (κ3) is 4.01. The number of amides is 1. The van der Waals surface area contributed by atoms with Crippen molar-refractivity contribution in [3.05, 3.63) is 53.0 Å². The summed E-state index contributed by atoms with van der Waals surface area (Å²) in [7, 11) is 0. The van der Waals surface area contributed by atoms with Crippen LogP contribution in [-0.4, -0.2) is 68.7 Å². The van der Waals surface area contributed by atoms with Crippen molar-refractivity contribution < 1.29 is 9.90 Å². The lowest BCUT2D eigenvalue weighted by atomic mass is 9.91. The van der Waals surface area contributed by atoms with Gasteiger partial charge in [0.25, 0.3) is 5.56 Å². The average molecular weight is 515 g/mol. The van der Waals surface area contributed by atoms with Crippen LogP contribution in [0.3, 0.4) is 0 Å². The van der Waals surface area contributed by atoms with E-state index in [1.54, 1.807) is 4.68 Å². The maximum atomic E-state index is 13.3. The van der Waals surface area contributed by atoms with Crippen molar-refractivity contribution in [2.24, 2.45) is 5.92 Å². The fourth-order valence-electron chi connectivity index (χ4n) is 5.73. The first kappa shape index (κ1) is 23.3. The maximum Gasteiger partial charge on any atom is 0.264 e. The number of carbonyl (C=O) groups is 1. The summed E-state index contributed by atoms with van der Waals surface area (Å²) >= 11 is 0. The Morgan fingerprint density at radius 1 is 1.05 bits per heavy atom. The molecule has 5 heterocycles. The van der Waals surface area contributed by atoms with Crippen LogP contribution in [0.2, 0.25) is 0 Å². The molecule has 11 nitrogen and oxygen atoms in total. The van der Waals surface area contributed by atoms with Crippen LogP contribution in [0.25, 0.3) is 28.1 Å². The Hall–Kier alpha value is -3.86. The fraction of sp³-hybridized carbons (Fsp3) is 0.481. The molecule has 4 aromatic rings. The Balaban J connectivity index is 1.10. The number of piperidine rings is 1. The zero-order valence-corrected chi connectivity index (χ0v) is 21.2. The van der Waals surface area contributed by atoms with Gasteiger partial charge in [0.05, 0.1) is 24.0 Å². The molecule has 3 aromatic heterocycles. The summed E-state index contributed by atoms with van der Waals surface area (Å²) < 4.78 is 5.31. The van der Waals surface area contributed by atoms with Crippen LogP contribution in [0.1, 0.15) is 44.3 Å². The first-order valence-corrected chi connectivity index (χ1v) is 13.5. The molecule has 1 aliphatic carbocycles. The highest BCUT2D eigenvalue weighted by molar-refractivity contribution is 5.81. The molecule has 0 atom stereocenters. The van der Waals surface area contributed by atoms with Crippen LogP contribution in [0.15, 0.2) is 41.6 Å². The van der Waals surface area contributed by atoms with E-state index in [9.17, 15) is 14.7 Å². The van der Waals surface area contributed by atoms with E-state index in [1.165, 1.54) is 17.1 Å². The van der Waals surface area contributed by atoms with E-state index < -0.39 is 5.60 Å². The number of aryl methyl sites for hydroxylation is 1. The molecule has 0 bridgehead atoms. The number of nitrogens with zero attached hydrogens (tertiary/aromatic N) is 8. The van der Waals surface area contributed by atoms with Gasteiger partial charge in [-0.05, 0) is 62.8 Å². The molecule has 38 heavy (non-hydrogen) atoms. The fourth-order valence-corrected chi connectivity index (χ4v) is 5.73. The second kappa shape index (κ2) is 8.87. The van der Waals surface area contributed by atoms with Crippen LogP contribution >= 0.6 is 0 Å². The topological polar surface area (TPSA) is 124 Å². The van der Waals surface area contributed by atoms with Gasteiger partial charge in [0, 0.05) is 37.5 Å². The van der Waals surface area contributed by atoms with E-state index in [-0.39, 0.29) is 23.9 Å². The SMILES string of the molecule is O=C(C1CC1)N1CCC(O)(Cn2cnc3c(cnn3-c3ccc(-c4nnc5n4CCCC5)cc3)c2=O)CC1. The van der Waals surface area contributed by atoms with Gasteiger partial charge in [-0.25, -0.2) is 9.67 Å². The van der Waals surface area contributed by atoms with Gasteiger partial charge in [0.2, 0.25) is 5.91 Å². The molecule has 11 heteroatoms. The van der Waals surface area contributed by atoms with Crippen molar-refractivity contribution in [3.8, 4) is 17.1 Å². The number of fused-ring (bicyclic) bond motifs is 2. The number of aromatic nitrogens is 7. The normalized spacial score (nSPS) is 19.0. The van der Waals surface area contributed by atoms with Crippen LogP contribution in [0.5, 0.6) is 0 Å². The van der Waals surface area contributed by atoms with Crippen molar-refractivity contribution in [2.75, 3.05) is 13.1 Å². The summed E-state index contributed by atoms with van der Waals surface area (Å²) in [5, 5.41) is 24.8. The summed E-state index contributed by atoms with van der Waals surface area (Å²) in [6, 6.07) is 7.87. The minimum atomic E-state index is -1.05. The first-order chi connectivity index (χ1) is 18.5. The van der Waals surface area contributed by atoms with Gasteiger partial charge in [-0.3, -0.25) is 14.2 Å². The highest BCUT2D eigenvalue weighted by atomic mass is 16.3. The Kier molecular flexibility index (Phi) is 5.43. The van der Waals surface area contributed by atoms with Crippen molar-refractivity contribution in [2.45, 2.75) is 63.6 Å². The van der Waals surface area contributed by atoms with Crippen molar-refractivity contribution in [3.63, 3.8) is 0 Å². The van der Waals surface area contributed by atoms with Gasteiger partial charge < -0.3 is 14.6 Å². The van der Waals surface area contributed by atoms with Gasteiger partial charge in [-0.15, -0.1) is 10.2 Å². The van der Waals surface area contributed by atoms with E-state index >= 15 is 0 Å². The number of hydrogen-bond acceptors (Lipinski definition) is 7. The van der Waals surface area contributed by atoms with Crippen LogP contribution < -0.4 is 5.56 Å². The standard InChI is InChI=1S/C27H30N8O3/c36-25(19-4-5-19)32-13-10-27(38,11-14-32)16-33-17-28-24-21(26(33)37)15-29-35(24)20-8-6-18(7-9-20)23-31-30-22-3-1-2-12-34(22)23/h6-9,15,17,19,38H,1-5,10-14,16H2. The summed E-state index contributed by atoms with van der Waals surface area (Å²) in [5.74, 6) is 2.29. The van der Waals surface area contributed by atoms with E-state index in [2.05, 4.69) is 24.8 Å². The predicted octanol–water partition coefficient (Wildman–Crippen LogP) is 1.94. The molecule has 0 spiro atoms. The average Bonchev–Trinajstić information content (AvgIpc) is 3.56. The van der Waals surface area contributed by atoms with Gasteiger partial charge in [0.1, 0.15) is 17.5 Å². The van der Waals surface area contributed by atoms with E-state index in [0.717, 1.165) is 61.5 Å². The van der Waals surface area contributed by atoms with Crippen molar-refractivity contribution in [1.82, 2.24) is 39.0 Å². The van der Waals surface area contributed by atoms with E-state index in [0.29, 0.717) is 37.0 Å². The first-order valence-electron chi connectivity index (χ1n) is 13.5. The largest absolute Gasteiger partial charge is 0.388 e. The van der Waals surface area contributed by atoms with E-state index in [4.69, 9.17) is 0 Å². The molecule has 7 rings (SSSR count).